The monoisotopic (exact) mass is 1130 g/mol. The maximum absolute atomic E-state index is 12.7. The topological polar surface area (TPSA) is 465 Å². The smallest absolute Gasteiger partial charge is 0.322 e. The zero-order valence-corrected chi connectivity index (χ0v) is 42.3. The van der Waals surface area contributed by atoms with E-state index in [0.29, 0.717) is 17.1 Å². The highest BCUT2D eigenvalue weighted by molar-refractivity contribution is 7.86. The third kappa shape index (κ3) is 13.3. The van der Waals surface area contributed by atoms with E-state index in [1.807, 2.05) is 0 Å². The molecule has 31 heteroatoms. The lowest BCUT2D eigenvalue weighted by Gasteiger charge is -2.11. The van der Waals surface area contributed by atoms with Crippen molar-refractivity contribution in [1.29, 1.82) is 0 Å². The molecule has 0 aliphatic heterocycles. The highest BCUT2D eigenvalue weighted by atomic mass is 32.2. The molecule has 0 aliphatic carbocycles. The van der Waals surface area contributed by atoms with Crippen LogP contribution in [0.25, 0.3) is 21.5 Å². The summed E-state index contributed by atoms with van der Waals surface area (Å²) < 4.78 is 106. The van der Waals surface area contributed by atoms with Crippen LogP contribution in [0.15, 0.2) is 183 Å². The third-order valence-corrected chi connectivity index (χ3v) is 13.7. The van der Waals surface area contributed by atoms with Gasteiger partial charge in [-0.15, -0.1) is 25.6 Å². The van der Waals surface area contributed by atoms with Gasteiger partial charge in [0.2, 0.25) is 0 Å². The molecule has 8 rings (SSSR count). The Hall–Kier alpha value is -10.1. The molecule has 0 amide bonds. The number of hydrogen-bond donors (Lipinski definition) is 12. The highest BCUT2D eigenvalue weighted by Crippen LogP contribution is 2.45. The number of carboxylic acid groups (broad SMARTS) is 2. The summed E-state index contributed by atoms with van der Waals surface area (Å²) >= 11 is 0. The number of rotatable bonds is 19. The number of benzene rings is 8. The first-order valence-electron chi connectivity index (χ1n) is 22.2. The van der Waals surface area contributed by atoms with Crippen molar-refractivity contribution in [2.75, 3.05) is 40.5 Å². The van der Waals surface area contributed by atoms with Crippen LogP contribution in [-0.4, -0.2) is 84.4 Å². The fourth-order valence-electron chi connectivity index (χ4n) is 7.33. The molecule has 0 aromatic heterocycles. The first kappa shape index (κ1) is 55.2. The Balaban J connectivity index is 1.02. The summed E-state index contributed by atoms with van der Waals surface area (Å²) in [4.78, 5) is 19.2. The number of anilines is 6. The van der Waals surface area contributed by atoms with Crippen molar-refractivity contribution in [3.05, 3.63) is 127 Å². The van der Waals surface area contributed by atoms with E-state index in [4.69, 9.17) is 21.7 Å². The first-order chi connectivity index (χ1) is 37.3. The van der Waals surface area contributed by atoms with E-state index in [0.717, 1.165) is 24.3 Å². The van der Waals surface area contributed by atoms with E-state index in [1.165, 1.54) is 97.1 Å². The second-order valence-electron chi connectivity index (χ2n) is 16.6. The zero-order valence-electron chi connectivity index (χ0n) is 39.9. The van der Waals surface area contributed by atoms with Crippen LogP contribution in [-0.2, 0) is 39.9 Å². The summed E-state index contributed by atoms with van der Waals surface area (Å²) in [5.74, 6) is -3.70. The van der Waals surface area contributed by atoms with Crippen molar-refractivity contribution in [3.8, 4) is 11.5 Å². The number of phenolic OH excluding ortho intramolecular Hbond substituents is 2. The Bertz CT molecular complexity index is 4280. The van der Waals surface area contributed by atoms with Crippen molar-refractivity contribution < 1.29 is 68.9 Å². The molecular formula is C48H39N13O15S3. The number of nitrogen functional groups attached to an aromatic ring is 2. The predicted octanol–water partition coefficient (Wildman–Crippen LogP) is 10.7. The molecule has 0 unspecified atom stereocenters. The van der Waals surface area contributed by atoms with Gasteiger partial charge in [0.05, 0.1) is 28.4 Å². The Morgan fingerprint density at radius 1 is 0.418 bits per heavy atom. The predicted molar refractivity (Wildman–Crippen MR) is 287 cm³/mol. The van der Waals surface area contributed by atoms with Crippen LogP contribution in [0.1, 0.15) is 0 Å². The summed E-state index contributed by atoms with van der Waals surface area (Å²) in [6, 6.07) is 28.2. The number of nitrogens with two attached hydrogens (primary N) is 2. The van der Waals surface area contributed by atoms with E-state index < -0.39 is 85.5 Å². The Morgan fingerprint density at radius 2 is 0.797 bits per heavy atom. The zero-order chi connectivity index (χ0) is 57.0. The molecule has 0 saturated heterocycles. The molecule has 0 bridgehead atoms. The lowest BCUT2D eigenvalue weighted by Crippen LogP contribution is -2.12. The van der Waals surface area contributed by atoms with Gasteiger partial charge in [-0.25, -0.2) is 0 Å². The molecule has 0 aliphatic rings. The minimum Gasteiger partial charge on any atom is -0.505 e. The normalized spacial score (nSPS) is 12.3. The lowest BCUT2D eigenvalue weighted by molar-refractivity contribution is -0.135. The van der Waals surface area contributed by atoms with Crippen molar-refractivity contribution in [3.63, 3.8) is 0 Å². The molecule has 79 heavy (non-hydrogen) atoms. The molecule has 8 aromatic carbocycles. The van der Waals surface area contributed by atoms with E-state index in [2.05, 4.69) is 56.9 Å². The molecule has 0 fully saturated rings. The summed E-state index contributed by atoms with van der Waals surface area (Å²) in [5.41, 5.74) is 12.4. The van der Waals surface area contributed by atoms with Gasteiger partial charge < -0.3 is 47.8 Å². The van der Waals surface area contributed by atoms with Gasteiger partial charge in [-0.1, -0.05) is 12.1 Å². The minimum atomic E-state index is -5.12. The Labute approximate surface area is 445 Å². The molecule has 0 heterocycles. The summed E-state index contributed by atoms with van der Waals surface area (Å²) in [7, 11) is -15.2. The summed E-state index contributed by atoms with van der Waals surface area (Å²) in [6.45, 7) is -0.703. The van der Waals surface area contributed by atoms with Crippen LogP contribution in [0, 0.1) is 0 Å². The van der Waals surface area contributed by atoms with Crippen LogP contribution < -0.4 is 27.4 Å². The standard InChI is InChI=1S/C48H39N13O15S3/c49-35-19-28(51-22-43(62)63)9-12-37(35)57-55-31-3-1-24-15-41(78(71,72)73)45(47(66)33(24)17-31)60-54-27-7-5-26(6-8-27)53-30-11-14-39(40(21-30)77(68,69)70)59-61-46-42(79(74,75)76)16-25-2-4-32(18-34(25)48(46)67)56-58-38-13-10-29(20-36(38)50)52-23-44(64)65/h1-21,51-53,66-67H,22-23,49-50H2,(H,62,63)(H,64,65)(H,68,69,70)(H,71,72,73)(H,74,75,76). The van der Waals surface area contributed by atoms with Crippen molar-refractivity contribution in [2.45, 2.75) is 14.7 Å². The molecule has 8 aromatic rings. The van der Waals surface area contributed by atoms with Gasteiger partial charge in [-0.05, 0) is 126 Å². The molecule has 0 saturated carbocycles. The summed E-state index contributed by atoms with van der Waals surface area (Å²) in [5, 5.41) is 80.9. The molecule has 0 atom stereocenters. The van der Waals surface area contributed by atoms with Gasteiger partial charge >= 0.3 is 11.9 Å². The van der Waals surface area contributed by atoms with Gasteiger partial charge in [0.1, 0.15) is 56.2 Å². The minimum absolute atomic E-state index is 0.0444. The lowest BCUT2D eigenvalue weighted by atomic mass is 10.1. The van der Waals surface area contributed by atoms with E-state index >= 15 is 0 Å². The highest BCUT2D eigenvalue weighted by Gasteiger charge is 2.25. The SMILES string of the molecule is Nc1cc(NCC(=O)O)ccc1N=Nc1ccc2cc(S(=O)(=O)O)c(N=Nc3ccc(Nc4ccc(N=Nc5c(S(=O)(=O)O)cc6ccc(N=Nc7ccc(NCC(=O)O)cc7N)cc6c5O)c(S(=O)(=O)O)c4)cc3)c(O)c2c1. The van der Waals surface area contributed by atoms with Crippen molar-refractivity contribution >= 4 is 143 Å². The van der Waals surface area contributed by atoms with Gasteiger partial charge in [0.25, 0.3) is 30.4 Å². The van der Waals surface area contributed by atoms with Crippen molar-refractivity contribution in [1.82, 2.24) is 0 Å². The number of phenols is 2. The second-order valence-corrected chi connectivity index (χ2v) is 20.7. The molecule has 0 radical (unpaired) electrons. The number of hydrogen-bond acceptors (Lipinski definition) is 23. The quantitative estimate of drug-likeness (QED) is 0.0203. The van der Waals surface area contributed by atoms with Crippen LogP contribution >= 0.6 is 0 Å². The number of carbonyl (C=O) groups is 2. The van der Waals surface area contributed by atoms with Crippen LogP contribution in [0.5, 0.6) is 11.5 Å². The number of nitrogens with zero attached hydrogens (tertiary/aromatic N) is 8. The molecule has 0 spiro atoms. The molecule has 404 valence electrons. The van der Waals surface area contributed by atoms with Gasteiger partial charge in [0.15, 0.2) is 11.5 Å². The van der Waals surface area contributed by atoms with E-state index in [9.17, 15) is 58.7 Å². The van der Waals surface area contributed by atoms with Crippen LogP contribution in [0.3, 0.4) is 0 Å². The van der Waals surface area contributed by atoms with Crippen LogP contribution in [0.4, 0.5) is 79.6 Å². The molecular weight excluding hydrogens is 1090 g/mol. The average Bonchev–Trinajstić information content (AvgIpc) is 3.39. The average molecular weight is 1130 g/mol. The van der Waals surface area contributed by atoms with Crippen LogP contribution in [0.2, 0.25) is 0 Å². The molecule has 14 N–H and O–H groups in total. The number of aromatic hydroxyl groups is 2. The maximum atomic E-state index is 12.7. The van der Waals surface area contributed by atoms with E-state index in [1.54, 1.807) is 6.07 Å². The largest absolute Gasteiger partial charge is 0.505 e. The number of azo groups is 4. The number of aliphatic carboxylic acids is 2. The van der Waals surface area contributed by atoms with Gasteiger partial charge in [-0.2, -0.15) is 40.6 Å². The number of carboxylic acids is 2. The van der Waals surface area contributed by atoms with E-state index in [-0.39, 0.29) is 80.1 Å². The maximum Gasteiger partial charge on any atom is 0.322 e. The Kier molecular flexibility index (Phi) is 15.6. The van der Waals surface area contributed by atoms with Gasteiger partial charge in [0, 0.05) is 33.5 Å². The summed E-state index contributed by atoms with van der Waals surface area (Å²) in [6.07, 6.45) is 0. The number of fused-ring (bicyclic) bond motifs is 2. The first-order valence-corrected chi connectivity index (χ1v) is 26.5. The fraction of sp³-hybridized carbons (Fsp3) is 0.0417. The second kappa shape index (κ2) is 22.3. The Morgan fingerprint density at radius 3 is 1.23 bits per heavy atom. The third-order valence-electron chi connectivity index (χ3n) is 11.0. The van der Waals surface area contributed by atoms with Crippen molar-refractivity contribution in [2.24, 2.45) is 40.9 Å². The molecule has 28 nitrogen and oxygen atoms in total. The number of nitrogens with one attached hydrogen (secondary N) is 3. The van der Waals surface area contributed by atoms with Gasteiger partial charge in [-0.3, -0.25) is 23.2 Å². The fourth-order valence-corrected chi connectivity index (χ4v) is 9.29.